The minimum atomic E-state index is 0.318. The monoisotopic (exact) mass is 253 g/mol. The minimum absolute atomic E-state index is 0.318. The van der Waals surface area contributed by atoms with Crippen LogP contribution in [0, 0.1) is 5.41 Å². The van der Waals surface area contributed by atoms with Gasteiger partial charge in [0.05, 0.1) is 0 Å². The first-order valence-corrected chi connectivity index (χ1v) is 7.65. The number of hydrogen-bond acceptors (Lipinski definition) is 3. The molecule has 2 atom stereocenters. The number of nitrogens with two attached hydrogens (primary N) is 1. The third-order valence-electron chi connectivity index (χ3n) is 5.19. The lowest BCUT2D eigenvalue weighted by Crippen LogP contribution is -2.61. The summed E-state index contributed by atoms with van der Waals surface area (Å²) in [6.45, 7) is 14.1. The Bertz CT molecular complexity index is 267. The maximum atomic E-state index is 6.53. The maximum absolute atomic E-state index is 6.53. The van der Waals surface area contributed by atoms with Gasteiger partial charge in [-0.05, 0) is 32.1 Å². The van der Waals surface area contributed by atoms with Crippen molar-refractivity contribution in [2.24, 2.45) is 11.1 Å². The molecule has 1 saturated carbocycles. The molecule has 106 valence electrons. The van der Waals surface area contributed by atoms with Crippen LogP contribution in [0.3, 0.4) is 0 Å². The second-order valence-electron chi connectivity index (χ2n) is 7.14. The first-order chi connectivity index (χ1) is 8.42. The van der Waals surface area contributed by atoms with Crippen LogP contribution in [0.25, 0.3) is 0 Å². The molecule has 3 heteroatoms. The third-order valence-corrected chi connectivity index (χ3v) is 5.19. The molecule has 2 fully saturated rings. The van der Waals surface area contributed by atoms with Crippen LogP contribution in [0.2, 0.25) is 0 Å². The van der Waals surface area contributed by atoms with Crippen molar-refractivity contribution in [3.8, 4) is 0 Å². The van der Waals surface area contributed by atoms with Crippen molar-refractivity contribution in [1.82, 2.24) is 9.80 Å². The summed E-state index contributed by atoms with van der Waals surface area (Å²) in [6, 6.07) is 1.64. The average molecular weight is 253 g/mol. The molecule has 2 aliphatic rings. The number of piperazine rings is 1. The molecule has 1 heterocycles. The molecular formula is C15H31N3. The summed E-state index contributed by atoms with van der Waals surface area (Å²) in [5.41, 5.74) is 6.84. The molecule has 0 aromatic rings. The van der Waals surface area contributed by atoms with E-state index in [4.69, 9.17) is 5.73 Å². The lowest BCUT2D eigenvalue weighted by Gasteiger charge is -2.49. The Hall–Kier alpha value is -0.120. The third kappa shape index (κ3) is 2.89. The Morgan fingerprint density at radius 1 is 1.11 bits per heavy atom. The van der Waals surface area contributed by atoms with E-state index in [1.54, 1.807) is 0 Å². The van der Waals surface area contributed by atoms with Crippen molar-refractivity contribution < 1.29 is 0 Å². The summed E-state index contributed by atoms with van der Waals surface area (Å²) in [5, 5.41) is 0. The van der Waals surface area contributed by atoms with Crippen molar-refractivity contribution in [1.29, 1.82) is 0 Å². The Morgan fingerprint density at radius 2 is 1.72 bits per heavy atom. The van der Waals surface area contributed by atoms with Crippen molar-refractivity contribution in [2.75, 3.05) is 26.2 Å². The number of hydrogen-bond donors (Lipinski definition) is 1. The Labute approximate surface area is 113 Å². The topological polar surface area (TPSA) is 32.5 Å². The molecule has 1 aliphatic carbocycles. The first kappa shape index (κ1) is 14.3. The van der Waals surface area contributed by atoms with Crippen LogP contribution in [-0.4, -0.2) is 54.1 Å². The number of rotatable bonds is 2. The van der Waals surface area contributed by atoms with Crippen LogP contribution in [0.5, 0.6) is 0 Å². The van der Waals surface area contributed by atoms with Gasteiger partial charge in [0.1, 0.15) is 0 Å². The Balaban J connectivity index is 1.93. The van der Waals surface area contributed by atoms with Gasteiger partial charge in [-0.3, -0.25) is 9.80 Å². The standard InChI is InChI=1S/C15H31N3/c1-12(2)17-8-10-18(11-9-17)13-6-5-7-15(3,4)14(13)16/h12-14H,5-11,16H2,1-4H3/t13-,14+/m0/s1. The second kappa shape index (κ2) is 5.48. The van der Waals surface area contributed by atoms with E-state index in [1.165, 1.54) is 45.4 Å². The molecule has 0 aromatic heterocycles. The van der Waals surface area contributed by atoms with E-state index in [-0.39, 0.29) is 0 Å². The van der Waals surface area contributed by atoms with Crippen LogP contribution in [0.15, 0.2) is 0 Å². The summed E-state index contributed by atoms with van der Waals surface area (Å²) < 4.78 is 0. The van der Waals surface area contributed by atoms with Gasteiger partial charge in [-0.25, -0.2) is 0 Å². The molecule has 0 aromatic carbocycles. The normalized spacial score (nSPS) is 35.0. The van der Waals surface area contributed by atoms with Gasteiger partial charge in [-0.15, -0.1) is 0 Å². The summed E-state index contributed by atoms with van der Waals surface area (Å²) in [7, 11) is 0. The van der Waals surface area contributed by atoms with Gasteiger partial charge in [0.2, 0.25) is 0 Å². The molecule has 3 nitrogen and oxygen atoms in total. The van der Waals surface area contributed by atoms with E-state index in [9.17, 15) is 0 Å². The summed E-state index contributed by atoms with van der Waals surface area (Å²) in [4.78, 5) is 5.24. The zero-order chi connectivity index (χ0) is 13.3. The second-order valence-corrected chi connectivity index (χ2v) is 7.14. The Morgan fingerprint density at radius 3 is 2.28 bits per heavy atom. The highest BCUT2D eigenvalue weighted by Crippen LogP contribution is 2.36. The van der Waals surface area contributed by atoms with E-state index in [1.807, 2.05) is 0 Å². The van der Waals surface area contributed by atoms with E-state index in [2.05, 4.69) is 37.5 Å². The van der Waals surface area contributed by atoms with Crippen LogP contribution in [0.4, 0.5) is 0 Å². The number of nitrogens with zero attached hydrogens (tertiary/aromatic N) is 2. The van der Waals surface area contributed by atoms with Crippen molar-refractivity contribution in [3.05, 3.63) is 0 Å². The first-order valence-electron chi connectivity index (χ1n) is 7.65. The highest BCUT2D eigenvalue weighted by atomic mass is 15.3. The van der Waals surface area contributed by atoms with Gasteiger partial charge in [0, 0.05) is 44.3 Å². The molecular weight excluding hydrogens is 222 g/mol. The van der Waals surface area contributed by atoms with Gasteiger partial charge < -0.3 is 5.73 Å². The van der Waals surface area contributed by atoms with Crippen LogP contribution in [-0.2, 0) is 0 Å². The predicted octanol–water partition coefficient (Wildman–Crippen LogP) is 1.92. The molecule has 1 saturated heterocycles. The van der Waals surface area contributed by atoms with E-state index >= 15 is 0 Å². The van der Waals surface area contributed by atoms with Crippen LogP contribution >= 0.6 is 0 Å². The quantitative estimate of drug-likeness (QED) is 0.816. The van der Waals surface area contributed by atoms with Gasteiger partial charge in [-0.1, -0.05) is 20.3 Å². The maximum Gasteiger partial charge on any atom is 0.0253 e. The molecule has 2 rings (SSSR count). The zero-order valence-electron chi connectivity index (χ0n) is 12.7. The van der Waals surface area contributed by atoms with Gasteiger partial charge >= 0.3 is 0 Å². The SMILES string of the molecule is CC(C)N1CCN([C@H]2CCCC(C)(C)[C@@H]2N)CC1. The average Bonchev–Trinajstić information content (AvgIpc) is 2.33. The molecule has 18 heavy (non-hydrogen) atoms. The smallest absolute Gasteiger partial charge is 0.0253 e. The molecule has 0 spiro atoms. The lowest BCUT2D eigenvalue weighted by atomic mass is 9.70. The zero-order valence-corrected chi connectivity index (χ0v) is 12.7. The fourth-order valence-electron chi connectivity index (χ4n) is 3.63. The van der Waals surface area contributed by atoms with Gasteiger partial charge in [-0.2, -0.15) is 0 Å². The van der Waals surface area contributed by atoms with Gasteiger partial charge in [0.15, 0.2) is 0 Å². The van der Waals surface area contributed by atoms with E-state index in [0.29, 0.717) is 23.5 Å². The molecule has 0 radical (unpaired) electrons. The summed E-state index contributed by atoms with van der Waals surface area (Å²) in [5.74, 6) is 0. The van der Waals surface area contributed by atoms with Crippen molar-refractivity contribution in [2.45, 2.75) is 65.1 Å². The van der Waals surface area contributed by atoms with Crippen LogP contribution in [0.1, 0.15) is 47.0 Å². The van der Waals surface area contributed by atoms with E-state index < -0.39 is 0 Å². The minimum Gasteiger partial charge on any atom is -0.326 e. The molecule has 1 aliphatic heterocycles. The van der Waals surface area contributed by atoms with Crippen molar-refractivity contribution in [3.63, 3.8) is 0 Å². The molecule has 2 N–H and O–H groups in total. The lowest BCUT2D eigenvalue weighted by molar-refractivity contribution is 0.0241. The summed E-state index contributed by atoms with van der Waals surface area (Å²) >= 11 is 0. The molecule has 0 amide bonds. The fraction of sp³-hybridized carbons (Fsp3) is 1.00. The predicted molar refractivity (Wildman–Crippen MR) is 77.7 cm³/mol. The van der Waals surface area contributed by atoms with Gasteiger partial charge in [0.25, 0.3) is 0 Å². The molecule has 0 bridgehead atoms. The van der Waals surface area contributed by atoms with Crippen LogP contribution < -0.4 is 5.73 Å². The van der Waals surface area contributed by atoms with Crippen molar-refractivity contribution >= 4 is 0 Å². The Kier molecular flexibility index (Phi) is 4.35. The largest absolute Gasteiger partial charge is 0.326 e. The highest BCUT2D eigenvalue weighted by molar-refractivity contribution is 4.97. The fourth-order valence-corrected chi connectivity index (χ4v) is 3.63. The van der Waals surface area contributed by atoms with E-state index in [0.717, 1.165) is 0 Å². The molecule has 0 unspecified atom stereocenters. The highest BCUT2D eigenvalue weighted by Gasteiger charge is 2.39. The summed E-state index contributed by atoms with van der Waals surface area (Å²) in [6.07, 6.45) is 3.93.